The topological polar surface area (TPSA) is 46.9 Å². The van der Waals surface area contributed by atoms with E-state index in [9.17, 15) is 9.18 Å². The molecule has 1 atom stereocenters. The molecule has 1 heterocycles. The quantitative estimate of drug-likeness (QED) is 0.936. The number of amides is 1. The predicted octanol–water partition coefficient (Wildman–Crippen LogP) is 2.67. The third kappa shape index (κ3) is 2.71. The zero-order valence-electron chi connectivity index (χ0n) is 12.1. The lowest BCUT2D eigenvalue weighted by Crippen LogP contribution is -2.27. The third-order valence-electron chi connectivity index (χ3n) is 3.51. The number of nitrogens with zero attached hydrogens (tertiary/aromatic N) is 2. The minimum absolute atomic E-state index is 0.151. The summed E-state index contributed by atoms with van der Waals surface area (Å²) in [5.41, 5.74) is 2.90. The van der Waals surface area contributed by atoms with Crippen LogP contribution in [0.4, 0.5) is 4.39 Å². The van der Waals surface area contributed by atoms with Gasteiger partial charge in [0.1, 0.15) is 5.82 Å². The van der Waals surface area contributed by atoms with E-state index < -0.39 is 0 Å². The number of halogens is 1. The van der Waals surface area contributed by atoms with E-state index in [4.69, 9.17) is 0 Å². The molecule has 1 aromatic carbocycles. The van der Waals surface area contributed by atoms with Crippen molar-refractivity contribution in [3.63, 3.8) is 0 Å². The maximum absolute atomic E-state index is 13.2. The van der Waals surface area contributed by atoms with Crippen LogP contribution in [0.5, 0.6) is 0 Å². The number of hydrogen-bond acceptors (Lipinski definition) is 2. The minimum Gasteiger partial charge on any atom is -0.345 e. The van der Waals surface area contributed by atoms with Crippen molar-refractivity contribution in [1.82, 2.24) is 15.1 Å². The normalized spacial score (nSPS) is 12.2. The number of carbonyl (C=O) groups excluding carboxylic acids is 1. The summed E-state index contributed by atoms with van der Waals surface area (Å²) in [5.74, 6) is -0.526. The van der Waals surface area contributed by atoms with Crippen molar-refractivity contribution in [2.24, 2.45) is 7.05 Å². The zero-order chi connectivity index (χ0) is 14.9. The van der Waals surface area contributed by atoms with Crippen LogP contribution in [-0.4, -0.2) is 15.7 Å². The van der Waals surface area contributed by atoms with E-state index in [0.29, 0.717) is 11.1 Å². The lowest BCUT2D eigenvalue weighted by Gasteiger charge is -2.14. The summed E-state index contributed by atoms with van der Waals surface area (Å²) in [5, 5.41) is 7.06. The van der Waals surface area contributed by atoms with Crippen LogP contribution < -0.4 is 5.32 Å². The van der Waals surface area contributed by atoms with Gasteiger partial charge in [0.05, 0.1) is 12.2 Å². The number of aryl methyl sites for hydroxylation is 2. The molecule has 5 heteroatoms. The van der Waals surface area contributed by atoms with Crippen LogP contribution >= 0.6 is 0 Å². The second kappa shape index (κ2) is 5.45. The molecule has 4 nitrogen and oxygen atoms in total. The van der Waals surface area contributed by atoms with Crippen LogP contribution in [-0.2, 0) is 7.05 Å². The van der Waals surface area contributed by atoms with Crippen molar-refractivity contribution >= 4 is 5.91 Å². The zero-order valence-corrected chi connectivity index (χ0v) is 12.1. The molecular weight excluding hydrogens is 257 g/mol. The first-order valence-corrected chi connectivity index (χ1v) is 6.45. The monoisotopic (exact) mass is 275 g/mol. The van der Waals surface area contributed by atoms with Crippen molar-refractivity contribution < 1.29 is 9.18 Å². The van der Waals surface area contributed by atoms with E-state index in [1.54, 1.807) is 23.9 Å². The van der Waals surface area contributed by atoms with Gasteiger partial charge in [-0.1, -0.05) is 0 Å². The fourth-order valence-corrected chi connectivity index (χ4v) is 2.08. The maximum atomic E-state index is 13.2. The van der Waals surface area contributed by atoms with E-state index >= 15 is 0 Å². The molecule has 0 aliphatic heterocycles. The Kier molecular flexibility index (Phi) is 3.88. The lowest BCUT2D eigenvalue weighted by atomic mass is 10.1. The lowest BCUT2D eigenvalue weighted by molar-refractivity contribution is 0.0939. The Labute approximate surface area is 117 Å². The summed E-state index contributed by atoms with van der Waals surface area (Å²) < 4.78 is 15.0. The predicted molar refractivity (Wildman–Crippen MR) is 75.0 cm³/mol. The second-order valence-electron chi connectivity index (χ2n) is 4.97. The number of benzene rings is 1. The average molecular weight is 275 g/mol. The van der Waals surface area contributed by atoms with Crippen molar-refractivity contribution in [3.8, 4) is 0 Å². The molecule has 0 saturated heterocycles. The van der Waals surface area contributed by atoms with Crippen LogP contribution in [0.2, 0.25) is 0 Å². The highest BCUT2D eigenvalue weighted by Crippen LogP contribution is 2.17. The third-order valence-corrected chi connectivity index (χ3v) is 3.51. The average Bonchev–Trinajstić information content (AvgIpc) is 2.73. The molecule has 1 unspecified atom stereocenters. The van der Waals surface area contributed by atoms with E-state index in [1.807, 2.05) is 20.9 Å². The van der Waals surface area contributed by atoms with Crippen molar-refractivity contribution in [1.29, 1.82) is 0 Å². The molecule has 1 N–H and O–H groups in total. The molecule has 20 heavy (non-hydrogen) atoms. The first kappa shape index (κ1) is 14.2. The van der Waals surface area contributed by atoms with Crippen LogP contribution in [0, 0.1) is 19.7 Å². The fraction of sp³-hybridized carbons (Fsp3) is 0.333. The molecule has 2 aromatic rings. The highest BCUT2D eigenvalue weighted by Gasteiger charge is 2.16. The summed E-state index contributed by atoms with van der Waals surface area (Å²) in [6.45, 7) is 5.49. The molecule has 2 rings (SSSR count). The van der Waals surface area contributed by atoms with E-state index in [1.165, 1.54) is 12.1 Å². The summed E-state index contributed by atoms with van der Waals surface area (Å²) in [6.07, 6.45) is 1.75. The van der Waals surface area contributed by atoms with E-state index in [0.717, 1.165) is 11.3 Å². The SMILES string of the molecule is Cc1cc(C(=O)NC(C)c2cnn(C)c2C)ccc1F. The smallest absolute Gasteiger partial charge is 0.251 e. The van der Waals surface area contributed by atoms with E-state index in [2.05, 4.69) is 10.4 Å². The fourth-order valence-electron chi connectivity index (χ4n) is 2.08. The Morgan fingerprint density at radius 1 is 1.40 bits per heavy atom. The summed E-state index contributed by atoms with van der Waals surface area (Å²) in [7, 11) is 1.86. The van der Waals surface area contributed by atoms with Gasteiger partial charge in [0, 0.05) is 23.9 Å². The number of aromatic nitrogens is 2. The van der Waals surface area contributed by atoms with Gasteiger partial charge in [-0.25, -0.2) is 4.39 Å². The molecule has 1 aromatic heterocycles. The van der Waals surface area contributed by atoms with Crippen LogP contribution in [0.25, 0.3) is 0 Å². The minimum atomic E-state index is -0.308. The van der Waals surface area contributed by atoms with Gasteiger partial charge in [0.2, 0.25) is 0 Å². The van der Waals surface area contributed by atoms with Gasteiger partial charge >= 0.3 is 0 Å². The maximum Gasteiger partial charge on any atom is 0.251 e. The Hall–Kier alpha value is -2.17. The largest absolute Gasteiger partial charge is 0.345 e. The molecule has 106 valence electrons. The highest BCUT2D eigenvalue weighted by atomic mass is 19.1. The van der Waals surface area contributed by atoms with Gasteiger partial charge in [-0.15, -0.1) is 0 Å². The summed E-state index contributed by atoms with van der Waals surface area (Å²) >= 11 is 0. The Bertz CT molecular complexity index is 649. The van der Waals surface area contributed by atoms with Crippen molar-refractivity contribution in [3.05, 3.63) is 52.6 Å². The number of nitrogens with one attached hydrogen (secondary N) is 1. The van der Waals surface area contributed by atoms with Crippen LogP contribution in [0.15, 0.2) is 24.4 Å². The van der Waals surface area contributed by atoms with E-state index in [-0.39, 0.29) is 17.8 Å². The van der Waals surface area contributed by atoms with Crippen molar-refractivity contribution in [2.45, 2.75) is 26.8 Å². The standard InChI is InChI=1S/C15H18FN3O/c1-9-7-12(5-6-14(9)16)15(20)18-10(2)13-8-17-19(4)11(13)3/h5-8,10H,1-4H3,(H,18,20). The molecule has 0 bridgehead atoms. The van der Waals surface area contributed by atoms with Gasteiger partial charge in [-0.2, -0.15) is 5.10 Å². The molecule has 0 spiro atoms. The van der Waals surface area contributed by atoms with Gasteiger partial charge in [-0.3, -0.25) is 9.48 Å². The van der Waals surface area contributed by atoms with Gasteiger partial charge in [0.25, 0.3) is 5.91 Å². The Morgan fingerprint density at radius 3 is 2.65 bits per heavy atom. The molecular formula is C15H18FN3O. The number of carbonyl (C=O) groups is 1. The van der Waals surface area contributed by atoms with Crippen molar-refractivity contribution in [2.75, 3.05) is 0 Å². The Morgan fingerprint density at radius 2 is 2.10 bits per heavy atom. The summed E-state index contributed by atoms with van der Waals surface area (Å²) in [6, 6.07) is 4.19. The molecule has 0 aliphatic rings. The molecule has 0 saturated carbocycles. The molecule has 1 amide bonds. The second-order valence-corrected chi connectivity index (χ2v) is 4.97. The van der Waals surface area contributed by atoms with Crippen LogP contribution in [0.1, 0.15) is 40.1 Å². The van der Waals surface area contributed by atoms with Crippen LogP contribution in [0.3, 0.4) is 0 Å². The first-order chi connectivity index (χ1) is 9.40. The van der Waals surface area contributed by atoms with Gasteiger partial charge in [0.15, 0.2) is 0 Å². The van der Waals surface area contributed by atoms with Gasteiger partial charge < -0.3 is 5.32 Å². The molecule has 0 fully saturated rings. The summed E-state index contributed by atoms with van der Waals surface area (Å²) in [4.78, 5) is 12.1. The molecule has 0 radical (unpaired) electrons. The first-order valence-electron chi connectivity index (χ1n) is 6.45. The Balaban J connectivity index is 2.15. The molecule has 0 aliphatic carbocycles. The van der Waals surface area contributed by atoms with Gasteiger partial charge in [-0.05, 0) is 44.5 Å². The highest BCUT2D eigenvalue weighted by molar-refractivity contribution is 5.94. The number of hydrogen-bond donors (Lipinski definition) is 1. The number of rotatable bonds is 3.